The highest BCUT2D eigenvalue weighted by Crippen LogP contribution is 2.15. The number of carbonyl (C=O) groups is 1. The van der Waals surface area contributed by atoms with Crippen LogP contribution in [0.3, 0.4) is 0 Å². The van der Waals surface area contributed by atoms with Gasteiger partial charge in [-0.1, -0.05) is 30.3 Å². The third kappa shape index (κ3) is 6.62. The van der Waals surface area contributed by atoms with Crippen molar-refractivity contribution in [2.45, 2.75) is 32.2 Å². The second-order valence-electron chi connectivity index (χ2n) is 5.35. The number of anilines is 1. The largest absolute Gasteiger partial charge is 0.335 e. The molecule has 0 bridgehead atoms. The number of nitrogens with zero attached hydrogens (tertiary/aromatic N) is 1. The Morgan fingerprint density at radius 1 is 1.17 bits per heavy atom. The van der Waals surface area contributed by atoms with Gasteiger partial charge in [0.15, 0.2) is 0 Å². The van der Waals surface area contributed by atoms with Gasteiger partial charge in [0.05, 0.1) is 0 Å². The predicted molar refractivity (Wildman–Crippen MR) is 111 cm³/mol. The zero-order valence-electron chi connectivity index (χ0n) is 12.9. The van der Waals surface area contributed by atoms with E-state index in [0.29, 0.717) is 5.82 Å². The molecule has 122 valence electrons. The lowest BCUT2D eigenvalue weighted by atomic mass is 10.1. The number of carbonyl (C=O) groups excluding carboxylic acids is 1. The number of halogens is 2. The van der Waals surface area contributed by atoms with Crippen LogP contribution >= 0.6 is 45.2 Å². The Hall–Kier alpha value is -0.900. The molecule has 2 amide bonds. The molecule has 1 atom stereocenters. The van der Waals surface area contributed by atoms with E-state index in [2.05, 4.69) is 85.1 Å². The van der Waals surface area contributed by atoms with Crippen LogP contribution in [0.1, 0.15) is 25.3 Å². The molecule has 1 heterocycles. The monoisotopic (exact) mass is 535 g/mol. The third-order valence-corrected chi connectivity index (χ3v) is 6.09. The van der Waals surface area contributed by atoms with E-state index in [1.54, 1.807) is 0 Å². The van der Waals surface area contributed by atoms with E-state index < -0.39 is 0 Å². The summed E-state index contributed by atoms with van der Waals surface area (Å²) in [6.45, 7) is 2.02. The van der Waals surface area contributed by atoms with Gasteiger partial charge in [0.1, 0.15) is 9.52 Å². The van der Waals surface area contributed by atoms with Crippen LogP contribution in [0.4, 0.5) is 10.6 Å². The highest BCUT2D eigenvalue weighted by molar-refractivity contribution is 14.1. The molecule has 0 aliphatic heterocycles. The molecule has 0 saturated carbocycles. The van der Waals surface area contributed by atoms with Gasteiger partial charge >= 0.3 is 6.03 Å². The summed E-state index contributed by atoms with van der Waals surface area (Å²) < 4.78 is 1.96. The number of urea groups is 1. The Morgan fingerprint density at radius 3 is 2.61 bits per heavy atom. The lowest BCUT2D eigenvalue weighted by Crippen LogP contribution is -2.36. The van der Waals surface area contributed by atoms with Gasteiger partial charge < -0.3 is 5.32 Å². The van der Waals surface area contributed by atoms with Gasteiger partial charge in [-0.15, -0.1) is 0 Å². The molecular weight excluding hydrogens is 516 g/mol. The zero-order valence-corrected chi connectivity index (χ0v) is 17.2. The van der Waals surface area contributed by atoms with Crippen molar-refractivity contribution >= 4 is 57.0 Å². The molecule has 0 spiro atoms. The van der Waals surface area contributed by atoms with Crippen molar-refractivity contribution in [2.24, 2.45) is 0 Å². The highest BCUT2D eigenvalue weighted by Gasteiger charge is 2.09. The Kier molecular flexibility index (Phi) is 7.54. The zero-order chi connectivity index (χ0) is 16.7. The molecule has 4 nitrogen and oxygen atoms in total. The molecule has 1 unspecified atom stereocenters. The van der Waals surface area contributed by atoms with Gasteiger partial charge in [0, 0.05) is 9.61 Å². The highest BCUT2D eigenvalue weighted by atomic mass is 127. The number of aromatic nitrogens is 1. The average molecular weight is 535 g/mol. The Bertz CT molecular complexity index is 650. The molecule has 1 aromatic carbocycles. The van der Waals surface area contributed by atoms with Crippen LogP contribution in [0.5, 0.6) is 0 Å². The molecule has 0 saturated heterocycles. The fraction of sp³-hybridized carbons (Fsp3) is 0.294. The van der Waals surface area contributed by atoms with E-state index in [-0.39, 0.29) is 12.1 Å². The van der Waals surface area contributed by atoms with Crippen LogP contribution in [0.25, 0.3) is 0 Å². The van der Waals surface area contributed by atoms with Gasteiger partial charge in [0.2, 0.25) is 0 Å². The van der Waals surface area contributed by atoms with Crippen molar-refractivity contribution in [2.75, 3.05) is 5.32 Å². The minimum atomic E-state index is -0.207. The van der Waals surface area contributed by atoms with E-state index in [1.165, 1.54) is 5.56 Å². The molecule has 0 radical (unpaired) electrons. The summed E-state index contributed by atoms with van der Waals surface area (Å²) in [7, 11) is 0. The summed E-state index contributed by atoms with van der Waals surface area (Å²) in [6, 6.07) is 14.1. The number of benzene rings is 1. The minimum absolute atomic E-state index is 0.127. The summed E-state index contributed by atoms with van der Waals surface area (Å²) >= 11 is 4.37. The Labute approximate surface area is 164 Å². The summed E-state index contributed by atoms with van der Waals surface area (Å²) in [4.78, 5) is 16.3. The summed E-state index contributed by atoms with van der Waals surface area (Å²) in [6.07, 6.45) is 3.02. The van der Waals surface area contributed by atoms with Crippen molar-refractivity contribution < 1.29 is 4.79 Å². The van der Waals surface area contributed by atoms with Crippen molar-refractivity contribution in [3.63, 3.8) is 0 Å². The van der Waals surface area contributed by atoms with Crippen LogP contribution in [0.2, 0.25) is 0 Å². The van der Waals surface area contributed by atoms with E-state index in [4.69, 9.17) is 0 Å². The number of amides is 2. The molecule has 2 aromatic rings. The van der Waals surface area contributed by atoms with Crippen LogP contribution in [0, 0.1) is 7.27 Å². The van der Waals surface area contributed by atoms with Crippen molar-refractivity contribution in [3.8, 4) is 0 Å². The first-order valence-electron chi connectivity index (χ1n) is 7.48. The number of pyridine rings is 1. The van der Waals surface area contributed by atoms with Crippen molar-refractivity contribution in [1.29, 1.82) is 0 Å². The molecule has 6 heteroatoms. The second kappa shape index (κ2) is 9.41. The number of hydrogen-bond donors (Lipinski definition) is 2. The molecule has 0 aliphatic rings. The predicted octanol–water partition coefficient (Wildman–Crippen LogP) is 4.82. The molecular formula is C17H19I2N3O. The first-order chi connectivity index (χ1) is 11.0. The standard InChI is InChI=1S/C17H19I2N3O/c1-12(6-5-9-13-7-3-2-4-8-13)20-17(23)22-15-11-10-14(18)16(19)21-15/h2-4,7-8,10-12H,5-6,9H2,1H3,(H2,20,21,22,23). The van der Waals surface area contributed by atoms with Gasteiger partial charge in [-0.25, -0.2) is 9.78 Å². The quantitative estimate of drug-likeness (QED) is 0.412. The van der Waals surface area contributed by atoms with Gasteiger partial charge in [-0.2, -0.15) is 0 Å². The lowest BCUT2D eigenvalue weighted by Gasteiger charge is -2.14. The smallest absolute Gasteiger partial charge is 0.320 e. The van der Waals surface area contributed by atoms with Gasteiger partial charge in [0.25, 0.3) is 0 Å². The van der Waals surface area contributed by atoms with E-state index >= 15 is 0 Å². The third-order valence-electron chi connectivity index (χ3n) is 3.37. The topological polar surface area (TPSA) is 54.0 Å². The molecule has 1 aromatic heterocycles. The lowest BCUT2D eigenvalue weighted by molar-refractivity contribution is 0.248. The maximum Gasteiger partial charge on any atom is 0.320 e. The number of nitrogens with one attached hydrogen (secondary N) is 2. The molecule has 2 N–H and O–H groups in total. The van der Waals surface area contributed by atoms with Gasteiger partial charge in [-0.3, -0.25) is 5.32 Å². The van der Waals surface area contributed by atoms with Crippen LogP contribution < -0.4 is 10.6 Å². The molecule has 23 heavy (non-hydrogen) atoms. The number of aryl methyl sites for hydroxylation is 1. The SMILES string of the molecule is CC(CCCc1ccccc1)NC(=O)Nc1ccc(I)c(I)n1. The Balaban J connectivity index is 1.72. The van der Waals surface area contributed by atoms with Crippen molar-refractivity contribution in [3.05, 3.63) is 55.3 Å². The average Bonchev–Trinajstić information content (AvgIpc) is 2.52. The van der Waals surface area contributed by atoms with Gasteiger partial charge in [-0.05, 0) is 89.1 Å². The molecule has 0 aliphatic carbocycles. The summed E-state index contributed by atoms with van der Waals surface area (Å²) in [5.41, 5.74) is 1.34. The van der Waals surface area contributed by atoms with Crippen LogP contribution in [-0.4, -0.2) is 17.1 Å². The minimum Gasteiger partial charge on any atom is -0.335 e. The van der Waals surface area contributed by atoms with Crippen molar-refractivity contribution in [1.82, 2.24) is 10.3 Å². The van der Waals surface area contributed by atoms with E-state index in [0.717, 1.165) is 26.5 Å². The number of hydrogen-bond acceptors (Lipinski definition) is 2. The normalized spacial score (nSPS) is 11.8. The fourth-order valence-electron chi connectivity index (χ4n) is 2.19. The first-order valence-corrected chi connectivity index (χ1v) is 9.64. The van der Waals surface area contributed by atoms with Crippen LogP contribution in [-0.2, 0) is 6.42 Å². The van der Waals surface area contributed by atoms with Crippen LogP contribution in [0.15, 0.2) is 42.5 Å². The maximum atomic E-state index is 12.0. The summed E-state index contributed by atoms with van der Waals surface area (Å²) in [5.74, 6) is 0.573. The van der Waals surface area contributed by atoms with E-state index in [1.807, 2.05) is 25.1 Å². The Morgan fingerprint density at radius 2 is 1.91 bits per heavy atom. The summed E-state index contributed by atoms with van der Waals surface area (Å²) in [5, 5.41) is 5.73. The number of rotatable bonds is 6. The molecule has 0 fully saturated rings. The molecule has 2 rings (SSSR count). The van der Waals surface area contributed by atoms with E-state index in [9.17, 15) is 4.79 Å². The fourth-order valence-corrected chi connectivity index (χ4v) is 2.93. The second-order valence-corrected chi connectivity index (χ2v) is 7.53. The maximum absolute atomic E-state index is 12.0. The first kappa shape index (κ1) is 18.4.